The van der Waals surface area contributed by atoms with Crippen molar-refractivity contribution in [3.63, 3.8) is 0 Å². The summed E-state index contributed by atoms with van der Waals surface area (Å²) in [5.74, 6) is -2.80. The van der Waals surface area contributed by atoms with Crippen LogP contribution < -0.4 is 4.90 Å². The molecule has 0 aromatic heterocycles. The maximum atomic E-state index is 13.8. The molecule has 3 aromatic carbocycles. The van der Waals surface area contributed by atoms with Gasteiger partial charge in [-0.2, -0.15) is 5.10 Å². The summed E-state index contributed by atoms with van der Waals surface area (Å²) in [6, 6.07) is 19.5. The highest BCUT2D eigenvalue weighted by atomic mass is 35.5. The zero-order valence-electron chi connectivity index (χ0n) is 17.6. The van der Waals surface area contributed by atoms with Crippen LogP contribution in [-0.2, 0) is 9.59 Å². The van der Waals surface area contributed by atoms with E-state index in [0.29, 0.717) is 10.6 Å². The second-order valence-electron chi connectivity index (χ2n) is 8.53. The lowest BCUT2D eigenvalue weighted by Gasteiger charge is -2.33. The Balaban J connectivity index is 1.51. The number of fused-ring (bicyclic) bond motifs is 5. The Kier molecular flexibility index (Phi) is 4.83. The Morgan fingerprint density at radius 1 is 0.853 bits per heavy atom. The standard InChI is InChI=1S/C26H17Cl2N3O3/c27-16-10-11-19(18(28)12-16)30-25(33)20-21(26(30)34)23(24(32)14-6-2-1-3-7-14)31-22(20)17-9-5-4-8-15(17)13-29-31/h1-13,20-23H/t20-,21+,22-,23-/m0/s1. The molecular weight excluding hydrogens is 473 g/mol. The second kappa shape index (κ2) is 7.79. The number of benzene rings is 3. The molecular formula is C26H17Cl2N3O3. The van der Waals surface area contributed by atoms with Gasteiger partial charge in [-0.1, -0.05) is 77.8 Å². The van der Waals surface area contributed by atoms with Crippen molar-refractivity contribution in [1.29, 1.82) is 0 Å². The Bertz CT molecular complexity index is 1390. The van der Waals surface area contributed by atoms with Crippen molar-refractivity contribution in [2.24, 2.45) is 16.9 Å². The summed E-state index contributed by atoms with van der Waals surface area (Å²) in [6.45, 7) is 0. The van der Waals surface area contributed by atoms with Gasteiger partial charge in [-0.3, -0.25) is 19.4 Å². The SMILES string of the molecule is O=C(c1ccccc1)[C@@H]1[C@@H]2C(=O)N(c3ccc(Cl)cc3Cl)C(=O)[C@@H]2[C@@H]2c3ccccc3C=NN12. The summed E-state index contributed by atoms with van der Waals surface area (Å²) in [7, 11) is 0. The monoisotopic (exact) mass is 489 g/mol. The summed E-state index contributed by atoms with van der Waals surface area (Å²) in [4.78, 5) is 42.5. The van der Waals surface area contributed by atoms with Crippen molar-refractivity contribution in [2.75, 3.05) is 4.90 Å². The van der Waals surface area contributed by atoms with Crippen LogP contribution in [0.15, 0.2) is 77.9 Å². The van der Waals surface area contributed by atoms with E-state index in [-0.39, 0.29) is 16.5 Å². The van der Waals surface area contributed by atoms with Crippen molar-refractivity contribution in [3.05, 3.63) is 99.5 Å². The second-order valence-corrected chi connectivity index (χ2v) is 9.38. The van der Waals surface area contributed by atoms with E-state index in [4.69, 9.17) is 23.2 Å². The number of carbonyl (C=O) groups excluding carboxylic acids is 3. The number of Topliss-reactive ketones (excluding diaryl/α,β-unsaturated/α-hetero) is 1. The van der Waals surface area contributed by atoms with Gasteiger partial charge in [-0.25, -0.2) is 4.90 Å². The average Bonchev–Trinajstić information content (AvgIpc) is 3.32. The van der Waals surface area contributed by atoms with Gasteiger partial charge in [-0.15, -0.1) is 0 Å². The van der Waals surface area contributed by atoms with Gasteiger partial charge in [-0.05, 0) is 29.3 Å². The van der Waals surface area contributed by atoms with Gasteiger partial charge in [0.25, 0.3) is 0 Å². The van der Waals surface area contributed by atoms with Gasteiger partial charge in [0.15, 0.2) is 5.78 Å². The lowest BCUT2D eigenvalue weighted by molar-refractivity contribution is -0.124. The molecule has 0 unspecified atom stereocenters. The number of ketones is 1. The topological polar surface area (TPSA) is 70.0 Å². The number of carbonyl (C=O) groups is 3. The lowest BCUT2D eigenvalue weighted by atomic mass is 9.83. The molecule has 6 rings (SSSR count). The van der Waals surface area contributed by atoms with Crippen molar-refractivity contribution in [3.8, 4) is 0 Å². The fourth-order valence-electron chi connectivity index (χ4n) is 5.34. The maximum Gasteiger partial charge on any atom is 0.240 e. The third-order valence-electron chi connectivity index (χ3n) is 6.77. The Labute approximate surface area is 205 Å². The molecule has 0 bridgehead atoms. The first-order valence-corrected chi connectivity index (χ1v) is 11.6. The first-order valence-electron chi connectivity index (χ1n) is 10.8. The smallest absolute Gasteiger partial charge is 0.240 e. The lowest BCUT2D eigenvalue weighted by Crippen LogP contribution is -2.44. The minimum Gasteiger partial charge on any atom is -0.292 e. The summed E-state index contributed by atoms with van der Waals surface area (Å²) in [5, 5.41) is 6.79. The number of halogens is 2. The molecule has 0 spiro atoms. The highest BCUT2D eigenvalue weighted by Crippen LogP contribution is 2.53. The zero-order chi connectivity index (χ0) is 23.6. The molecule has 0 N–H and O–H groups in total. The van der Waals surface area contributed by atoms with E-state index in [1.807, 2.05) is 30.3 Å². The summed E-state index contributed by atoms with van der Waals surface area (Å²) in [6.07, 6.45) is 1.68. The molecule has 168 valence electrons. The highest BCUT2D eigenvalue weighted by Gasteiger charge is 2.65. The number of imide groups is 1. The van der Waals surface area contributed by atoms with E-state index < -0.39 is 35.7 Å². The van der Waals surface area contributed by atoms with Crippen LogP contribution in [0.2, 0.25) is 10.0 Å². The quantitative estimate of drug-likeness (QED) is 0.393. The van der Waals surface area contributed by atoms with Gasteiger partial charge in [0, 0.05) is 10.6 Å². The van der Waals surface area contributed by atoms with Gasteiger partial charge in [0.05, 0.1) is 34.8 Å². The van der Waals surface area contributed by atoms with E-state index in [2.05, 4.69) is 5.10 Å². The van der Waals surface area contributed by atoms with Crippen LogP contribution in [0.4, 0.5) is 5.69 Å². The van der Waals surface area contributed by atoms with Crippen LogP contribution in [0.5, 0.6) is 0 Å². The minimum absolute atomic E-state index is 0.194. The molecule has 3 aromatic rings. The molecule has 0 aliphatic carbocycles. The third-order valence-corrected chi connectivity index (χ3v) is 7.31. The molecule has 2 fully saturated rings. The van der Waals surface area contributed by atoms with Crippen LogP contribution in [0.1, 0.15) is 27.5 Å². The molecule has 2 amide bonds. The van der Waals surface area contributed by atoms with Crippen molar-refractivity contribution >= 4 is 52.7 Å². The third kappa shape index (κ3) is 2.95. The van der Waals surface area contributed by atoms with Crippen molar-refractivity contribution < 1.29 is 14.4 Å². The van der Waals surface area contributed by atoms with Crippen molar-refractivity contribution in [2.45, 2.75) is 12.1 Å². The van der Waals surface area contributed by atoms with E-state index in [1.54, 1.807) is 47.6 Å². The summed E-state index contributed by atoms with van der Waals surface area (Å²) < 4.78 is 0. The first-order chi connectivity index (χ1) is 16.5. The van der Waals surface area contributed by atoms with Crippen LogP contribution in [0.25, 0.3) is 0 Å². The number of anilines is 1. The molecule has 34 heavy (non-hydrogen) atoms. The van der Waals surface area contributed by atoms with Gasteiger partial charge in [0.1, 0.15) is 6.04 Å². The maximum absolute atomic E-state index is 13.8. The predicted molar refractivity (Wildman–Crippen MR) is 129 cm³/mol. The summed E-state index contributed by atoms with van der Waals surface area (Å²) in [5.41, 5.74) is 2.45. The molecule has 3 heterocycles. The molecule has 4 atom stereocenters. The first kappa shape index (κ1) is 21.1. The van der Waals surface area contributed by atoms with Crippen LogP contribution in [-0.4, -0.2) is 34.9 Å². The minimum atomic E-state index is -0.922. The fourth-order valence-corrected chi connectivity index (χ4v) is 5.83. The van der Waals surface area contributed by atoms with E-state index in [0.717, 1.165) is 16.0 Å². The number of nitrogens with zero attached hydrogens (tertiary/aromatic N) is 3. The van der Waals surface area contributed by atoms with E-state index >= 15 is 0 Å². The molecule has 0 saturated carbocycles. The molecule has 2 saturated heterocycles. The zero-order valence-corrected chi connectivity index (χ0v) is 19.1. The number of amides is 2. The van der Waals surface area contributed by atoms with Gasteiger partial charge < -0.3 is 0 Å². The number of hydrazone groups is 1. The van der Waals surface area contributed by atoms with Crippen LogP contribution in [0, 0.1) is 11.8 Å². The average molecular weight is 490 g/mol. The molecule has 8 heteroatoms. The largest absolute Gasteiger partial charge is 0.292 e. The normalized spacial score (nSPS) is 24.8. The van der Waals surface area contributed by atoms with Crippen LogP contribution in [0.3, 0.4) is 0 Å². The molecule has 0 radical (unpaired) electrons. The van der Waals surface area contributed by atoms with Crippen molar-refractivity contribution in [1.82, 2.24) is 5.01 Å². The van der Waals surface area contributed by atoms with E-state index in [1.165, 1.54) is 6.07 Å². The molecule has 3 aliphatic rings. The number of hydrogen-bond donors (Lipinski definition) is 0. The van der Waals surface area contributed by atoms with Crippen LogP contribution >= 0.6 is 23.2 Å². The highest BCUT2D eigenvalue weighted by molar-refractivity contribution is 6.38. The van der Waals surface area contributed by atoms with Gasteiger partial charge in [0.2, 0.25) is 11.8 Å². The molecule has 6 nitrogen and oxygen atoms in total. The fraction of sp³-hybridized carbons (Fsp3) is 0.154. The number of rotatable bonds is 3. The summed E-state index contributed by atoms with van der Waals surface area (Å²) >= 11 is 12.4. The molecule has 3 aliphatic heterocycles. The predicted octanol–water partition coefficient (Wildman–Crippen LogP) is 4.75. The number of hydrogen-bond acceptors (Lipinski definition) is 5. The Morgan fingerprint density at radius 2 is 1.56 bits per heavy atom. The van der Waals surface area contributed by atoms with Gasteiger partial charge >= 0.3 is 0 Å². The Morgan fingerprint density at radius 3 is 2.32 bits per heavy atom. The van der Waals surface area contributed by atoms with E-state index in [9.17, 15) is 14.4 Å². The Hall–Kier alpha value is -3.48.